The topological polar surface area (TPSA) is 38.9 Å². The highest BCUT2D eigenvalue weighted by Gasteiger charge is 2.29. The monoisotopic (exact) mass is 182 g/mol. The number of aromatic nitrogens is 1. The Labute approximate surface area is 76.7 Å². The Bertz CT molecular complexity index is 284. The van der Waals surface area contributed by atoms with Crippen molar-refractivity contribution >= 4 is 11.6 Å². The molecule has 0 unspecified atom stereocenters. The van der Waals surface area contributed by atoms with Crippen LogP contribution in [0.1, 0.15) is 24.4 Å². The van der Waals surface area contributed by atoms with Gasteiger partial charge in [-0.2, -0.15) is 0 Å². The van der Waals surface area contributed by atoms with Crippen molar-refractivity contribution in [1.29, 1.82) is 0 Å². The van der Waals surface area contributed by atoms with E-state index < -0.39 is 0 Å². The van der Waals surface area contributed by atoms with Crippen LogP contribution in [-0.4, -0.2) is 4.98 Å². The van der Waals surface area contributed by atoms with Gasteiger partial charge in [-0.05, 0) is 30.4 Å². The van der Waals surface area contributed by atoms with Crippen molar-refractivity contribution in [1.82, 2.24) is 4.98 Å². The average Bonchev–Trinajstić information content (AvgIpc) is 2.85. The van der Waals surface area contributed by atoms with E-state index in [1.165, 1.54) is 12.8 Å². The lowest BCUT2D eigenvalue weighted by molar-refractivity contribution is 0.631. The van der Waals surface area contributed by atoms with E-state index in [0.29, 0.717) is 10.9 Å². The van der Waals surface area contributed by atoms with Gasteiger partial charge in [0.2, 0.25) is 0 Å². The lowest BCUT2D eigenvalue weighted by Crippen LogP contribution is -2.12. The Kier molecular flexibility index (Phi) is 2.03. The Hall–Kier alpha value is -0.600. The molecular weight excluding hydrogens is 172 g/mol. The minimum atomic E-state index is 0.135. The van der Waals surface area contributed by atoms with Crippen molar-refractivity contribution in [3.8, 4) is 0 Å². The van der Waals surface area contributed by atoms with Crippen LogP contribution >= 0.6 is 11.6 Å². The van der Waals surface area contributed by atoms with Gasteiger partial charge in [-0.3, -0.25) is 4.98 Å². The Morgan fingerprint density at radius 2 is 2.25 bits per heavy atom. The van der Waals surface area contributed by atoms with E-state index >= 15 is 0 Å². The van der Waals surface area contributed by atoms with Crippen molar-refractivity contribution in [2.45, 2.75) is 18.9 Å². The maximum absolute atomic E-state index is 5.97. The molecule has 1 aliphatic carbocycles. The third-order valence-corrected chi connectivity index (χ3v) is 2.45. The van der Waals surface area contributed by atoms with Crippen LogP contribution in [0.2, 0.25) is 5.02 Å². The summed E-state index contributed by atoms with van der Waals surface area (Å²) in [6, 6.07) is 2.04. The van der Waals surface area contributed by atoms with E-state index in [-0.39, 0.29) is 6.04 Å². The molecule has 1 aromatic rings. The van der Waals surface area contributed by atoms with Gasteiger partial charge in [0.15, 0.2) is 0 Å². The lowest BCUT2D eigenvalue weighted by atomic mass is 10.1. The predicted octanol–water partition coefficient (Wildman–Crippen LogP) is 2.14. The molecule has 0 aliphatic heterocycles. The molecule has 1 aliphatic rings. The number of hydrogen-bond donors (Lipinski definition) is 1. The van der Waals surface area contributed by atoms with Crippen LogP contribution in [0.15, 0.2) is 18.5 Å². The maximum atomic E-state index is 5.97. The van der Waals surface area contributed by atoms with Gasteiger partial charge in [-0.25, -0.2) is 0 Å². The Balaban J connectivity index is 2.20. The second-order valence-corrected chi connectivity index (χ2v) is 3.74. The molecule has 12 heavy (non-hydrogen) atoms. The van der Waals surface area contributed by atoms with Crippen molar-refractivity contribution in [2.24, 2.45) is 11.7 Å². The normalized spacial score (nSPS) is 19.2. The van der Waals surface area contributed by atoms with Crippen LogP contribution < -0.4 is 5.73 Å². The molecule has 2 N–H and O–H groups in total. The van der Waals surface area contributed by atoms with Gasteiger partial charge in [-0.1, -0.05) is 11.6 Å². The van der Waals surface area contributed by atoms with Crippen LogP contribution in [0.5, 0.6) is 0 Å². The summed E-state index contributed by atoms with van der Waals surface area (Å²) in [5, 5.41) is 0.670. The molecule has 64 valence electrons. The molecule has 1 heterocycles. The van der Waals surface area contributed by atoms with Crippen molar-refractivity contribution in [2.75, 3.05) is 0 Å². The van der Waals surface area contributed by atoms with Gasteiger partial charge in [0, 0.05) is 18.4 Å². The predicted molar refractivity (Wildman–Crippen MR) is 48.9 cm³/mol. The third-order valence-electron chi connectivity index (χ3n) is 2.24. The number of nitrogens with two attached hydrogens (primary N) is 1. The Morgan fingerprint density at radius 1 is 1.50 bits per heavy atom. The first-order valence-corrected chi connectivity index (χ1v) is 4.51. The fourth-order valence-corrected chi connectivity index (χ4v) is 1.52. The van der Waals surface area contributed by atoms with Gasteiger partial charge in [0.05, 0.1) is 5.02 Å². The second kappa shape index (κ2) is 3.04. The number of halogens is 1. The molecule has 0 spiro atoms. The van der Waals surface area contributed by atoms with Gasteiger partial charge in [0.1, 0.15) is 0 Å². The van der Waals surface area contributed by atoms with Crippen molar-refractivity contribution < 1.29 is 0 Å². The van der Waals surface area contributed by atoms with Crippen molar-refractivity contribution in [3.63, 3.8) is 0 Å². The molecule has 2 rings (SSSR count). The minimum Gasteiger partial charge on any atom is -0.324 e. The van der Waals surface area contributed by atoms with Crippen LogP contribution in [-0.2, 0) is 0 Å². The smallest absolute Gasteiger partial charge is 0.0592 e. The molecule has 1 saturated carbocycles. The summed E-state index contributed by atoms with van der Waals surface area (Å²) in [6.45, 7) is 0. The summed E-state index contributed by atoms with van der Waals surface area (Å²) in [5.74, 6) is 0.658. The lowest BCUT2D eigenvalue weighted by Gasteiger charge is -2.09. The third kappa shape index (κ3) is 1.59. The number of pyridine rings is 1. The van der Waals surface area contributed by atoms with Crippen LogP contribution in [0.4, 0.5) is 0 Å². The standard InChI is InChI=1S/C9H11ClN2/c10-8-3-7(4-12-5-8)9(11)6-1-2-6/h3-6,9H,1-2,11H2/t9-/m0/s1. The number of rotatable bonds is 2. The zero-order valence-corrected chi connectivity index (χ0v) is 7.46. The average molecular weight is 183 g/mol. The van der Waals surface area contributed by atoms with Gasteiger partial charge in [-0.15, -0.1) is 0 Å². The maximum Gasteiger partial charge on any atom is 0.0592 e. The molecule has 2 nitrogen and oxygen atoms in total. The Morgan fingerprint density at radius 3 is 2.83 bits per heavy atom. The van der Waals surface area contributed by atoms with E-state index in [4.69, 9.17) is 17.3 Å². The number of nitrogens with zero attached hydrogens (tertiary/aromatic N) is 1. The summed E-state index contributed by atoms with van der Waals surface area (Å²) in [6.07, 6.45) is 5.92. The highest BCUT2D eigenvalue weighted by Crippen LogP contribution is 2.39. The summed E-state index contributed by atoms with van der Waals surface area (Å²) in [7, 11) is 0. The summed E-state index contributed by atoms with van der Waals surface area (Å²) < 4.78 is 0. The molecule has 3 heteroatoms. The fraction of sp³-hybridized carbons (Fsp3) is 0.444. The summed E-state index contributed by atoms with van der Waals surface area (Å²) in [4.78, 5) is 4.00. The SMILES string of the molecule is N[C@H](c1cncc(Cl)c1)C1CC1. The van der Waals surface area contributed by atoms with E-state index in [1.807, 2.05) is 6.07 Å². The molecule has 0 radical (unpaired) electrons. The van der Waals surface area contributed by atoms with E-state index in [2.05, 4.69) is 4.98 Å². The zero-order valence-electron chi connectivity index (χ0n) is 6.70. The first kappa shape index (κ1) is 8.02. The van der Waals surface area contributed by atoms with Crippen LogP contribution in [0.3, 0.4) is 0 Å². The van der Waals surface area contributed by atoms with Crippen molar-refractivity contribution in [3.05, 3.63) is 29.0 Å². The first-order valence-electron chi connectivity index (χ1n) is 4.13. The quantitative estimate of drug-likeness (QED) is 0.761. The molecular formula is C9H11ClN2. The molecule has 1 fully saturated rings. The second-order valence-electron chi connectivity index (χ2n) is 3.30. The van der Waals surface area contributed by atoms with E-state index in [9.17, 15) is 0 Å². The van der Waals surface area contributed by atoms with E-state index in [1.54, 1.807) is 12.4 Å². The molecule has 0 bridgehead atoms. The minimum absolute atomic E-state index is 0.135. The van der Waals surface area contributed by atoms with Gasteiger partial charge < -0.3 is 5.73 Å². The summed E-state index contributed by atoms with van der Waals surface area (Å²) >= 11 is 5.80. The molecule has 1 atom stereocenters. The fourth-order valence-electron chi connectivity index (χ4n) is 1.34. The molecule has 0 amide bonds. The molecule has 0 saturated heterocycles. The molecule has 1 aromatic heterocycles. The number of hydrogen-bond acceptors (Lipinski definition) is 2. The van der Waals surface area contributed by atoms with E-state index in [0.717, 1.165) is 5.56 Å². The highest BCUT2D eigenvalue weighted by molar-refractivity contribution is 6.30. The largest absolute Gasteiger partial charge is 0.324 e. The highest BCUT2D eigenvalue weighted by atomic mass is 35.5. The zero-order chi connectivity index (χ0) is 8.55. The first-order chi connectivity index (χ1) is 5.77. The van der Waals surface area contributed by atoms with Gasteiger partial charge in [0.25, 0.3) is 0 Å². The van der Waals surface area contributed by atoms with Crippen LogP contribution in [0, 0.1) is 5.92 Å². The summed E-state index contributed by atoms with van der Waals surface area (Å²) in [5.41, 5.74) is 7.03. The van der Waals surface area contributed by atoms with Gasteiger partial charge >= 0.3 is 0 Å². The van der Waals surface area contributed by atoms with Crippen LogP contribution in [0.25, 0.3) is 0 Å². The molecule has 0 aromatic carbocycles.